The van der Waals surface area contributed by atoms with Gasteiger partial charge in [0, 0.05) is 18.1 Å². The molecule has 2 rings (SSSR count). The second-order valence-corrected chi connectivity index (χ2v) is 4.69. The number of nitrogens with one attached hydrogen (secondary N) is 1. The zero-order valence-electron chi connectivity index (χ0n) is 8.55. The van der Waals surface area contributed by atoms with E-state index in [1.807, 2.05) is 0 Å². The minimum Gasteiger partial charge on any atom is -0.360 e. The summed E-state index contributed by atoms with van der Waals surface area (Å²) < 4.78 is 39.7. The summed E-state index contributed by atoms with van der Waals surface area (Å²) in [6, 6.07) is 0. The standard InChI is InChI=1S/C9H12F3N3S/c10-9(11,12)7-14-8(16-15-7)13-5-1-2-6-3-4-6/h6H,1-5H2,(H,13,14,15). The van der Waals surface area contributed by atoms with Gasteiger partial charge in [-0.05, 0) is 18.8 Å². The molecule has 0 radical (unpaired) electrons. The molecule has 0 spiro atoms. The minimum atomic E-state index is -4.44. The van der Waals surface area contributed by atoms with Crippen LogP contribution in [0.5, 0.6) is 0 Å². The maximum Gasteiger partial charge on any atom is 0.452 e. The smallest absolute Gasteiger partial charge is 0.360 e. The molecule has 90 valence electrons. The zero-order valence-corrected chi connectivity index (χ0v) is 9.37. The van der Waals surface area contributed by atoms with Crippen LogP contribution >= 0.6 is 11.5 Å². The fourth-order valence-corrected chi connectivity index (χ4v) is 2.01. The summed E-state index contributed by atoms with van der Waals surface area (Å²) in [6.45, 7) is 0.670. The number of rotatable bonds is 5. The number of hydrogen-bond acceptors (Lipinski definition) is 4. The van der Waals surface area contributed by atoms with Crippen LogP contribution in [0.25, 0.3) is 0 Å². The number of anilines is 1. The molecule has 1 aromatic heterocycles. The fourth-order valence-electron chi connectivity index (χ4n) is 1.40. The Morgan fingerprint density at radius 3 is 2.69 bits per heavy atom. The summed E-state index contributed by atoms with van der Waals surface area (Å²) in [4.78, 5) is 3.39. The van der Waals surface area contributed by atoms with Gasteiger partial charge in [-0.15, -0.1) is 0 Å². The van der Waals surface area contributed by atoms with Gasteiger partial charge in [0.15, 0.2) is 0 Å². The highest BCUT2D eigenvalue weighted by molar-refractivity contribution is 7.09. The zero-order chi connectivity index (χ0) is 11.6. The summed E-state index contributed by atoms with van der Waals surface area (Å²) in [5.41, 5.74) is 0. The fraction of sp³-hybridized carbons (Fsp3) is 0.778. The average Bonchev–Trinajstić information content (AvgIpc) is 2.88. The van der Waals surface area contributed by atoms with Crippen molar-refractivity contribution in [3.8, 4) is 0 Å². The molecule has 3 nitrogen and oxygen atoms in total. The van der Waals surface area contributed by atoms with Gasteiger partial charge in [0.1, 0.15) is 0 Å². The number of nitrogens with zero attached hydrogens (tertiary/aromatic N) is 2. The van der Waals surface area contributed by atoms with Crippen molar-refractivity contribution < 1.29 is 13.2 Å². The first-order chi connectivity index (χ1) is 7.55. The molecule has 1 fully saturated rings. The summed E-state index contributed by atoms with van der Waals surface area (Å²) in [5.74, 6) is -0.204. The Balaban J connectivity index is 1.73. The normalized spacial score (nSPS) is 16.4. The highest BCUT2D eigenvalue weighted by Crippen LogP contribution is 2.33. The van der Waals surface area contributed by atoms with Gasteiger partial charge < -0.3 is 5.32 Å². The van der Waals surface area contributed by atoms with Gasteiger partial charge in [-0.3, -0.25) is 0 Å². The van der Waals surface area contributed by atoms with Crippen molar-refractivity contribution in [3.63, 3.8) is 0 Å². The quantitative estimate of drug-likeness (QED) is 0.817. The van der Waals surface area contributed by atoms with E-state index < -0.39 is 12.0 Å². The number of halogens is 3. The lowest BCUT2D eigenvalue weighted by molar-refractivity contribution is -0.144. The Hall–Kier alpha value is -0.850. The van der Waals surface area contributed by atoms with Crippen molar-refractivity contribution in [3.05, 3.63) is 5.82 Å². The maximum absolute atomic E-state index is 12.2. The molecule has 0 aliphatic heterocycles. The van der Waals surface area contributed by atoms with Crippen LogP contribution in [-0.4, -0.2) is 15.9 Å². The number of alkyl halides is 3. The summed E-state index contributed by atoms with van der Waals surface area (Å²) in [5, 5.41) is 3.12. The average molecular weight is 251 g/mol. The molecule has 0 atom stereocenters. The molecule has 0 aromatic carbocycles. The van der Waals surface area contributed by atoms with Crippen molar-refractivity contribution in [2.75, 3.05) is 11.9 Å². The maximum atomic E-state index is 12.2. The Morgan fingerprint density at radius 1 is 1.38 bits per heavy atom. The predicted octanol–water partition coefficient (Wildman–Crippen LogP) is 3.16. The molecule has 1 heterocycles. The van der Waals surface area contributed by atoms with Gasteiger partial charge >= 0.3 is 6.18 Å². The molecular formula is C9H12F3N3S. The molecule has 0 saturated heterocycles. The Morgan fingerprint density at radius 2 is 2.12 bits per heavy atom. The van der Waals surface area contributed by atoms with Crippen molar-refractivity contribution in [1.82, 2.24) is 9.36 Å². The molecular weight excluding hydrogens is 239 g/mol. The molecule has 1 saturated carbocycles. The molecule has 1 aliphatic carbocycles. The van der Waals surface area contributed by atoms with E-state index in [-0.39, 0.29) is 5.13 Å². The van der Waals surface area contributed by atoms with Crippen LogP contribution in [0.3, 0.4) is 0 Å². The van der Waals surface area contributed by atoms with Crippen molar-refractivity contribution in [1.29, 1.82) is 0 Å². The Labute approximate surface area is 95.2 Å². The lowest BCUT2D eigenvalue weighted by Crippen LogP contribution is -2.08. The summed E-state index contributed by atoms with van der Waals surface area (Å²) in [6.07, 6.45) is 0.294. The highest BCUT2D eigenvalue weighted by Gasteiger charge is 2.36. The predicted molar refractivity (Wildman–Crippen MR) is 55.4 cm³/mol. The first-order valence-electron chi connectivity index (χ1n) is 5.20. The molecule has 0 bridgehead atoms. The van der Waals surface area contributed by atoms with E-state index in [2.05, 4.69) is 14.7 Å². The molecule has 1 aliphatic rings. The summed E-state index contributed by atoms with van der Waals surface area (Å²) in [7, 11) is 0. The van der Waals surface area contributed by atoms with Crippen LogP contribution in [0.2, 0.25) is 0 Å². The topological polar surface area (TPSA) is 37.8 Å². The van der Waals surface area contributed by atoms with Crippen molar-refractivity contribution in [2.45, 2.75) is 31.9 Å². The largest absolute Gasteiger partial charge is 0.452 e. The molecule has 1 aromatic rings. The molecule has 0 amide bonds. The van der Waals surface area contributed by atoms with Gasteiger partial charge in [-0.25, -0.2) is 0 Å². The highest BCUT2D eigenvalue weighted by atomic mass is 32.1. The Kier molecular flexibility index (Phi) is 3.32. The lowest BCUT2D eigenvalue weighted by atomic mass is 10.2. The van der Waals surface area contributed by atoms with Crippen LogP contribution in [-0.2, 0) is 6.18 Å². The second kappa shape index (κ2) is 4.57. The molecule has 16 heavy (non-hydrogen) atoms. The van der Waals surface area contributed by atoms with E-state index in [4.69, 9.17) is 0 Å². The van der Waals surface area contributed by atoms with Gasteiger partial charge in [-0.1, -0.05) is 12.8 Å². The van der Waals surface area contributed by atoms with Crippen LogP contribution in [0, 0.1) is 5.92 Å². The van der Waals surface area contributed by atoms with E-state index in [1.165, 1.54) is 12.8 Å². The van der Waals surface area contributed by atoms with Crippen LogP contribution in [0.15, 0.2) is 0 Å². The van der Waals surface area contributed by atoms with E-state index >= 15 is 0 Å². The van der Waals surface area contributed by atoms with E-state index in [1.54, 1.807) is 0 Å². The van der Waals surface area contributed by atoms with Crippen LogP contribution in [0.1, 0.15) is 31.5 Å². The second-order valence-electron chi connectivity index (χ2n) is 3.93. The minimum absolute atomic E-state index is 0.253. The first-order valence-corrected chi connectivity index (χ1v) is 5.98. The van der Waals surface area contributed by atoms with E-state index in [9.17, 15) is 13.2 Å². The van der Waals surface area contributed by atoms with Crippen molar-refractivity contribution >= 4 is 16.7 Å². The third-order valence-electron chi connectivity index (χ3n) is 2.44. The third-order valence-corrected chi connectivity index (χ3v) is 3.11. The lowest BCUT2D eigenvalue weighted by Gasteiger charge is -2.01. The first kappa shape index (κ1) is 11.6. The van der Waals surface area contributed by atoms with Crippen LogP contribution in [0.4, 0.5) is 18.3 Å². The molecule has 1 N–H and O–H groups in total. The van der Waals surface area contributed by atoms with Crippen LogP contribution < -0.4 is 5.32 Å². The van der Waals surface area contributed by atoms with Gasteiger partial charge in [0.25, 0.3) is 0 Å². The van der Waals surface area contributed by atoms with E-state index in [0.717, 1.165) is 30.3 Å². The van der Waals surface area contributed by atoms with Gasteiger partial charge in [0.05, 0.1) is 0 Å². The van der Waals surface area contributed by atoms with Gasteiger partial charge in [-0.2, -0.15) is 22.5 Å². The SMILES string of the molecule is FC(F)(F)c1nsc(NCCCC2CC2)n1. The van der Waals surface area contributed by atoms with Crippen molar-refractivity contribution in [2.24, 2.45) is 5.92 Å². The van der Waals surface area contributed by atoms with Gasteiger partial charge in [0.2, 0.25) is 11.0 Å². The Bertz CT molecular complexity index is 346. The number of hydrogen-bond donors (Lipinski definition) is 1. The summed E-state index contributed by atoms with van der Waals surface area (Å²) >= 11 is 0.759. The third kappa shape index (κ3) is 3.33. The van der Waals surface area contributed by atoms with E-state index in [0.29, 0.717) is 6.54 Å². The monoisotopic (exact) mass is 251 g/mol. The molecule has 0 unspecified atom stereocenters. The number of aromatic nitrogens is 2. The molecule has 7 heteroatoms.